The summed E-state index contributed by atoms with van der Waals surface area (Å²) in [5, 5.41) is 4.01. The van der Waals surface area contributed by atoms with Crippen LogP contribution in [0, 0.1) is 0 Å². The predicted molar refractivity (Wildman–Crippen MR) is 106 cm³/mol. The Morgan fingerprint density at radius 1 is 1.12 bits per heavy atom. The lowest BCUT2D eigenvalue weighted by molar-refractivity contribution is 0.267. The van der Waals surface area contributed by atoms with Crippen LogP contribution >= 0.6 is 39.9 Å². The van der Waals surface area contributed by atoms with Gasteiger partial charge in [0.05, 0.1) is 11.1 Å². The lowest BCUT2D eigenvalue weighted by atomic mass is 10.2. The van der Waals surface area contributed by atoms with Crippen LogP contribution < -0.4 is 14.8 Å². The molecular formula is C18H22BrCl2NO2. The molecule has 0 aliphatic carbocycles. The van der Waals surface area contributed by atoms with Crippen LogP contribution in [0.15, 0.2) is 40.9 Å². The van der Waals surface area contributed by atoms with E-state index in [1.165, 1.54) is 0 Å². The molecule has 3 nitrogen and oxygen atoms in total. The molecule has 0 fully saturated rings. The number of halogens is 3. The van der Waals surface area contributed by atoms with Crippen LogP contribution in [0.25, 0.3) is 0 Å². The molecule has 0 unspecified atom stereocenters. The Morgan fingerprint density at radius 3 is 2.54 bits per heavy atom. The predicted octanol–water partition coefficient (Wildman–Crippen LogP) is 5.61. The lowest BCUT2D eigenvalue weighted by Crippen LogP contribution is -2.12. The van der Waals surface area contributed by atoms with Crippen molar-refractivity contribution in [2.75, 3.05) is 13.2 Å². The molecule has 132 valence electrons. The summed E-state index contributed by atoms with van der Waals surface area (Å²) in [7, 11) is 0. The first-order valence-electron chi connectivity index (χ1n) is 7.67. The van der Waals surface area contributed by atoms with Crippen molar-refractivity contribution < 1.29 is 9.47 Å². The van der Waals surface area contributed by atoms with Gasteiger partial charge in [0.2, 0.25) is 0 Å². The number of hydrogen-bond donors (Lipinski definition) is 1. The van der Waals surface area contributed by atoms with Crippen molar-refractivity contribution in [2.24, 2.45) is 0 Å². The molecule has 2 aromatic rings. The zero-order valence-corrected chi connectivity index (χ0v) is 16.9. The average Bonchev–Trinajstić information content (AvgIpc) is 2.54. The first-order chi connectivity index (χ1) is 11.2. The summed E-state index contributed by atoms with van der Waals surface area (Å²) in [6, 6.07) is 11.7. The summed E-state index contributed by atoms with van der Waals surface area (Å²) >= 11 is 9.77. The van der Waals surface area contributed by atoms with Crippen LogP contribution in [-0.4, -0.2) is 13.2 Å². The second-order valence-corrected chi connectivity index (χ2v) is 6.26. The molecule has 0 bridgehead atoms. The summed E-state index contributed by atoms with van der Waals surface area (Å²) in [5.74, 6) is 1.44. The van der Waals surface area contributed by atoms with E-state index in [4.69, 9.17) is 21.1 Å². The Labute approximate surface area is 163 Å². The Morgan fingerprint density at radius 2 is 1.88 bits per heavy atom. The topological polar surface area (TPSA) is 30.5 Å². The van der Waals surface area contributed by atoms with Crippen LogP contribution in [0.2, 0.25) is 5.02 Å². The standard InChI is InChI=1S/C18H21BrClNO2.ClH/c1-3-21-11-13-9-15(19)18(17(10-13)22-4-2)23-12-14-7-5-6-8-16(14)20;/h5-10,21H,3-4,11-12H2,1-2H3;1H. The molecule has 0 saturated carbocycles. The van der Waals surface area contributed by atoms with Crippen LogP contribution in [0.5, 0.6) is 11.5 Å². The molecule has 2 aromatic carbocycles. The molecule has 0 spiro atoms. The second-order valence-electron chi connectivity index (χ2n) is 5.00. The van der Waals surface area contributed by atoms with Gasteiger partial charge < -0.3 is 14.8 Å². The fraction of sp³-hybridized carbons (Fsp3) is 0.333. The van der Waals surface area contributed by atoms with E-state index in [0.717, 1.165) is 34.4 Å². The molecule has 2 rings (SSSR count). The smallest absolute Gasteiger partial charge is 0.175 e. The Balaban J connectivity index is 0.00000288. The van der Waals surface area contributed by atoms with Crippen molar-refractivity contribution in [3.05, 3.63) is 57.0 Å². The fourth-order valence-corrected chi connectivity index (χ4v) is 2.96. The third-order valence-electron chi connectivity index (χ3n) is 3.28. The minimum absolute atomic E-state index is 0. The number of rotatable bonds is 8. The van der Waals surface area contributed by atoms with E-state index < -0.39 is 0 Å². The van der Waals surface area contributed by atoms with Crippen molar-refractivity contribution in [1.29, 1.82) is 0 Å². The maximum Gasteiger partial charge on any atom is 0.175 e. The maximum absolute atomic E-state index is 6.18. The lowest BCUT2D eigenvalue weighted by Gasteiger charge is -2.16. The number of nitrogens with one attached hydrogen (secondary N) is 1. The molecule has 0 radical (unpaired) electrons. The summed E-state index contributed by atoms with van der Waals surface area (Å²) in [6.07, 6.45) is 0. The van der Waals surface area contributed by atoms with Crippen LogP contribution in [0.4, 0.5) is 0 Å². The van der Waals surface area contributed by atoms with Gasteiger partial charge in [-0.1, -0.05) is 36.7 Å². The molecule has 0 aliphatic rings. The Hall–Kier alpha value is -0.940. The van der Waals surface area contributed by atoms with Gasteiger partial charge in [-0.05, 0) is 53.2 Å². The van der Waals surface area contributed by atoms with Crippen molar-refractivity contribution >= 4 is 39.9 Å². The SMILES string of the molecule is CCNCc1cc(Br)c(OCc2ccccc2Cl)c(OCC)c1.Cl. The van der Waals surface area contributed by atoms with Crippen molar-refractivity contribution in [3.63, 3.8) is 0 Å². The first-order valence-corrected chi connectivity index (χ1v) is 8.85. The van der Waals surface area contributed by atoms with Gasteiger partial charge in [0.1, 0.15) is 6.61 Å². The largest absolute Gasteiger partial charge is 0.490 e. The van der Waals surface area contributed by atoms with E-state index in [9.17, 15) is 0 Å². The molecule has 24 heavy (non-hydrogen) atoms. The first kappa shape index (κ1) is 21.1. The Bertz CT molecular complexity index is 653. The minimum atomic E-state index is 0. The van der Waals surface area contributed by atoms with E-state index in [1.807, 2.05) is 43.3 Å². The molecule has 6 heteroatoms. The van der Waals surface area contributed by atoms with E-state index in [1.54, 1.807) is 0 Å². The van der Waals surface area contributed by atoms with Gasteiger partial charge in [-0.3, -0.25) is 0 Å². The zero-order valence-electron chi connectivity index (χ0n) is 13.8. The van der Waals surface area contributed by atoms with Crippen molar-refractivity contribution in [1.82, 2.24) is 5.32 Å². The van der Waals surface area contributed by atoms with E-state index in [0.29, 0.717) is 24.0 Å². The summed E-state index contributed by atoms with van der Waals surface area (Å²) < 4.78 is 12.6. The normalized spacial score (nSPS) is 10.2. The summed E-state index contributed by atoms with van der Waals surface area (Å²) in [4.78, 5) is 0. The van der Waals surface area contributed by atoms with E-state index in [-0.39, 0.29) is 12.4 Å². The van der Waals surface area contributed by atoms with Gasteiger partial charge in [-0.25, -0.2) is 0 Å². The van der Waals surface area contributed by atoms with Gasteiger partial charge in [0.25, 0.3) is 0 Å². The maximum atomic E-state index is 6.18. The third-order valence-corrected chi connectivity index (χ3v) is 4.24. The van der Waals surface area contributed by atoms with Crippen molar-refractivity contribution in [2.45, 2.75) is 27.0 Å². The van der Waals surface area contributed by atoms with Crippen LogP contribution in [0.1, 0.15) is 25.0 Å². The van der Waals surface area contributed by atoms with Crippen LogP contribution in [0.3, 0.4) is 0 Å². The molecule has 1 N–H and O–H groups in total. The van der Waals surface area contributed by atoms with Gasteiger partial charge in [0, 0.05) is 17.1 Å². The highest BCUT2D eigenvalue weighted by molar-refractivity contribution is 9.10. The molecule has 0 aliphatic heterocycles. The highest BCUT2D eigenvalue weighted by Crippen LogP contribution is 2.37. The number of hydrogen-bond acceptors (Lipinski definition) is 3. The quantitative estimate of drug-likeness (QED) is 0.585. The van der Waals surface area contributed by atoms with Crippen molar-refractivity contribution in [3.8, 4) is 11.5 Å². The van der Waals surface area contributed by atoms with Gasteiger partial charge in [-0.2, -0.15) is 0 Å². The summed E-state index contributed by atoms with van der Waals surface area (Å²) in [5.41, 5.74) is 2.09. The molecule has 0 atom stereocenters. The Kier molecular flexibility index (Phi) is 9.52. The summed E-state index contributed by atoms with van der Waals surface area (Å²) in [6.45, 7) is 6.74. The number of ether oxygens (including phenoxy) is 2. The average molecular weight is 435 g/mol. The minimum Gasteiger partial charge on any atom is -0.490 e. The fourth-order valence-electron chi connectivity index (χ4n) is 2.16. The molecular weight excluding hydrogens is 413 g/mol. The van der Waals surface area contributed by atoms with Gasteiger partial charge in [0.15, 0.2) is 11.5 Å². The third kappa shape index (κ3) is 5.85. The second kappa shape index (κ2) is 10.8. The molecule has 0 aromatic heterocycles. The monoisotopic (exact) mass is 433 g/mol. The van der Waals surface area contributed by atoms with E-state index in [2.05, 4.69) is 28.2 Å². The zero-order chi connectivity index (χ0) is 16.7. The highest BCUT2D eigenvalue weighted by Gasteiger charge is 2.13. The van der Waals surface area contributed by atoms with Crippen LogP contribution in [-0.2, 0) is 13.2 Å². The van der Waals surface area contributed by atoms with Gasteiger partial charge in [-0.15, -0.1) is 12.4 Å². The highest BCUT2D eigenvalue weighted by atomic mass is 79.9. The van der Waals surface area contributed by atoms with E-state index >= 15 is 0 Å². The molecule has 0 amide bonds. The molecule has 0 heterocycles. The van der Waals surface area contributed by atoms with Gasteiger partial charge >= 0.3 is 0 Å². The number of benzene rings is 2. The molecule has 0 saturated heterocycles.